The van der Waals surface area contributed by atoms with E-state index in [1.165, 1.54) is 89.9 Å². The smallest absolute Gasteiger partial charge is 0.462 e. The van der Waals surface area contributed by atoms with Gasteiger partial charge in [0, 0.05) is 12.8 Å². The maximum atomic E-state index is 13.1. The Morgan fingerprint density at radius 3 is 1.24 bits per heavy atom. The van der Waals surface area contributed by atoms with Crippen LogP contribution in [0, 0.1) is 0 Å². The highest BCUT2D eigenvalue weighted by atomic mass is 31.2. The van der Waals surface area contributed by atoms with Gasteiger partial charge in [-0.3, -0.25) is 27.7 Å². The van der Waals surface area contributed by atoms with Crippen molar-refractivity contribution in [3.05, 3.63) is 12.2 Å². The number of ether oxygens (including phenoxy) is 2. The predicted octanol–water partition coefficient (Wildman–Crippen LogP) is 9.29. The van der Waals surface area contributed by atoms with E-state index in [0.717, 1.165) is 77.0 Å². The van der Waals surface area contributed by atoms with E-state index in [1.807, 2.05) is 0 Å². The lowest BCUT2D eigenvalue weighted by atomic mass is 9.85. The molecule has 396 valence electrons. The molecule has 1 aliphatic rings. The van der Waals surface area contributed by atoms with Crippen LogP contribution in [0.5, 0.6) is 0 Å². The average Bonchev–Trinajstić information content (AvgIpc) is 3.25. The molecule has 8 atom stereocenters. The first-order valence-corrected chi connectivity index (χ1v) is 29.5. The highest BCUT2D eigenvalue weighted by Gasteiger charge is 2.56. The normalized spacial score (nSPS) is 21.6. The summed E-state index contributed by atoms with van der Waals surface area (Å²) in [7, 11) is -16.6. The molecule has 1 aliphatic carbocycles. The van der Waals surface area contributed by atoms with E-state index >= 15 is 0 Å². The number of rotatable bonds is 43. The summed E-state index contributed by atoms with van der Waals surface area (Å²) in [6.45, 7) is 2.95. The van der Waals surface area contributed by atoms with Crippen LogP contribution in [0.2, 0.25) is 0 Å². The van der Waals surface area contributed by atoms with E-state index in [-0.39, 0.29) is 12.8 Å². The number of allylic oxidation sites excluding steroid dienone is 2. The molecule has 22 heteroatoms. The number of hydrogen-bond donors (Lipinski definition) is 8. The van der Waals surface area contributed by atoms with Crippen LogP contribution < -0.4 is 0 Å². The maximum absolute atomic E-state index is 13.1. The van der Waals surface area contributed by atoms with Crippen molar-refractivity contribution in [1.29, 1.82) is 0 Å². The van der Waals surface area contributed by atoms with Crippen LogP contribution in [0.15, 0.2) is 12.2 Å². The van der Waals surface area contributed by atoms with Crippen LogP contribution in [0.1, 0.15) is 206 Å². The Balaban J connectivity index is 2.70. The predicted molar refractivity (Wildman–Crippen MR) is 252 cm³/mol. The molecular formula is C45H87O19P3. The lowest BCUT2D eigenvalue weighted by molar-refractivity contribution is -0.213. The van der Waals surface area contributed by atoms with Gasteiger partial charge in [0.1, 0.15) is 43.2 Å². The van der Waals surface area contributed by atoms with Gasteiger partial charge in [0.15, 0.2) is 6.10 Å². The molecule has 0 aromatic heterocycles. The molecule has 1 saturated carbocycles. The number of phosphoric ester groups is 3. The summed E-state index contributed by atoms with van der Waals surface area (Å²) < 4.78 is 65.5. The second-order valence-electron chi connectivity index (χ2n) is 17.8. The van der Waals surface area contributed by atoms with Gasteiger partial charge in [-0.05, 0) is 38.5 Å². The number of carbonyl (C=O) groups is 2. The molecular weight excluding hydrogens is 937 g/mol. The molecule has 67 heavy (non-hydrogen) atoms. The molecule has 0 radical (unpaired) electrons. The standard InChI is InChI=1S/C45H87O19P3/c1-3-5-7-9-11-13-15-17-18-19-20-22-24-26-28-30-32-34-39(47)61-37(35-59-38(46)33-31-29-27-25-23-21-16-14-12-10-8-6-4-2)36-60-67(57,58)64-43-40(48)41(49)44(62-65(51,52)53)45(42(43)50)63-66(54,55)56/h17-18,37,40-45,48-50H,3-16,19-36H2,1-2H3,(H,57,58)(H2,51,52,53)(H2,54,55,56). The van der Waals surface area contributed by atoms with Gasteiger partial charge in [0.05, 0.1) is 6.61 Å². The van der Waals surface area contributed by atoms with Crippen molar-refractivity contribution in [2.75, 3.05) is 13.2 Å². The molecule has 0 spiro atoms. The van der Waals surface area contributed by atoms with Crippen LogP contribution in [0.3, 0.4) is 0 Å². The lowest BCUT2D eigenvalue weighted by Crippen LogP contribution is -2.65. The van der Waals surface area contributed by atoms with Crippen LogP contribution in [-0.4, -0.2) is 108 Å². The van der Waals surface area contributed by atoms with Gasteiger partial charge >= 0.3 is 35.4 Å². The number of unbranched alkanes of at least 4 members (excludes halogenated alkanes) is 25. The van der Waals surface area contributed by atoms with Crippen molar-refractivity contribution in [3.63, 3.8) is 0 Å². The Morgan fingerprint density at radius 1 is 0.463 bits per heavy atom. The van der Waals surface area contributed by atoms with Gasteiger partial charge in [-0.25, -0.2) is 13.7 Å². The van der Waals surface area contributed by atoms with Crippen molar-refractivity contribution in [1.82, 2.24) is 0 Å². The molecule has 19 nitrogen and oxygen atoms in total. The third-order valence-corrected chi connectivity index (χ3v) is 13.6. The largest absolute Gasteiger partial charge is 0.472 e. The van der Waals surface area contributed by atoms with E-state index in [9.17, 15) is 63.1 Å². The second kappa shape index (κ2) is 37.6. The zero-order chi connectivity index (χ0) is 50.0. The van der Waals surface area contributed by atoms with Crippen LogP contribution in [-0.2, 0) is 50.9 Å². The highest BCUT2D eigenvalue weighted by Crippen LogP contribution is 2.51. The molecule has 0 aromatic carbocycles. The summed E-state index contributed by atoms with van der Waals surface area (Å²) in [6.07, 6.45) is 19.4. The summed E-state index contributed by atoms with van der Waals surface area (Å²) in [4.78, 5) is 73.2. The van der Waals surface area contributed by atoms with Gasteiger partial charge in [-0.15, -0.1) is 0 Å². The second-order valence-corrected chi connectivity index (χ2v) is 21.5. The van der Waals surface area contributed by atoms with E-state index in [4.69, 9.17) is 18.5 Å². The summed E-state index contributed by atoms with van der Waals surface area (Å²) in [5.41, 5.74) is 0. The quantitative estimate of drug-likeness (QED) is 0.0122. The Hall–Kier alpha value is -1.11. The van der Waals surface area contributed by atoms with Crippen molar-refractivity contribution < 1.29 is 90.6 Å². The lowest BCUT2D eigenvalue weighted by Gasteiger charge is -2.44. The third kappa shape index (κ3) is 34.0. The average molecular weight is 1030 g/mol. The van der Waals surface area contributed by atoms with Crippen LogP contribution in [0.4, 0.5) is 0 Å². The fourth-order valence-corrected chi connectivity index (χ4v) is 9.91. The Labute approximate surface area is 399 Å². The molecule has 8 unspecified atom stereocenters. The van der Waals surface area contributed by atoms with E-state index < -0.39 is 91.3 Å². The first kappa shape index (κ1) is 63.9. The molecule has 0 amide bonds. The fraction of sp³-hybridized carbons (Fsp3) is 0.911. The monoisotopic (exact) mass is 1020 g/mol. The Bertz CT molecular complexity index is 1460. The van der Waals surface area contributed by atoms with E-state index in [0.29, 0.717) is 12.8 Å². The Kier molecular flexibility index (Phi) is 35.9. The molecule has 0 heterocycles. The molecule has 1 fully saturated rings. The SMILES string of the molecule is CCCCCCCCC=CCCCCCCCCCC(=O)OC(COC(=O)CCCCCCCCCCCCCCC)COP(=O)(O)OC1C(O)C(O)C(OP(=O)(O)O)C(OP(=O)(O)O)C1O. The number of aliphatic hydroxyl groups is 3. The summed E-state index contributed by atoms with van der Waals surface area (Å²) in [5.74, 6) is -1.29. The minimum Gasteiger partial charge on any atom is -0.462 e. The zero-order valence-electron chi connectivity index (χ0n) is 40.2. The third-order valence-electron chi connectivity index (χ3n) is 11.6. The van der Waals surface area contributed by atoms with Gasteiger partial charge < -0.3 is 49.3 Å². The number of phosphoric acid groups is 3. The first-order valence-electron chi connectivity index (χ1n) is 25.0. The zero-order valence-corrected chi connectivity index (χ0v) is 42.9. The Morgan fingerprint density at radius 2 is 0.821 bits per heavy atom. The van der Waals surface area contributed by atoms with E-state index in [2.05, 4.69) is 35.0 Å². The first-order chi connectivity index (χ1) is 31.8. The molecule has 8 N–H and O–H groups in total. The summed E-state index contributed by atoms with van der Waals surface area (Å²) in [5, 5.41) is 31.9. The number of esters is 2. The van der Waals surface area contributed by atoms with Crippen molar-refractivity contribution >= 4 is 35.4 Å². The number of hydrogen-bond acceptors (Lipinski definition) is 14. The van der Waals surface area contributed by atoms with Crippen LogP contribution >= 0.6 is 23.5 Å². The molecule has 0 aliphatic heterocycles. The summed E-state index contributed by atoms with van der Waals surface area (Å²) >= 11 is 0. The molecule has 1 rings (SSSR count). The number of carbonyl (C=O) groups excluding carboxylic acids is 2. The molecule has 0 aromatic rings. The van der Waals surface area contributed by atoms with Gasteiger partial charge in [0.25, 0.3) is 0 Å². The topological polar surface area (TPSA) is 303 Å². The fourth-order valence-electron chi connectivity index (χ4n) is 7.81. The number of aliphatic hydroxyl groups excluding tert-OH is 3. The molecule has 0 bridgehead atoms. The van der Waals surface area contributed by atoms with Gasteiger partial charge in [-0.1, -0.05) is 167 Å². The minimum atomic E-state index is -5.60. The van der Waals surface area contributed by atoms with Gasteiger partial charge in [0.2, 0.25) is 0 Å². The van der Waals surface area contributed by atoms with Crippen molar-refractivity contribution in [3.8, 4) is 0 Å². The molecule has 0 saturated heterocycles. The highest BCUT2D eigenvalue weighted by molar-refractivity contribution is 7.47. The van der Waals surface area contributed by atoms with E-state index in [1.54, 1.807) is 0 Å². The maximum Gasteiger partial charge on any atom is 0.472 e. The van der Waals surface area contributed by atoms with Crippen LogP contribution in [0.25, 0.3) is 0 Å². The van der Waals surface area contributed by atoms with Crippen molar-refractivity contribution in [2.24, 2.45) is 0 Å². The summed E-state index contributed by atoms with van der Waals surface area (Å²) in [6, 6.07) is 0. The van der Waals surface area contributed by atoms with Crippen molar-refractivity contribution in [2.45, 2.75) is 249 Å². The van der Waals surface area contributed by atoms with Gasteiger partial charge in [-0.2, -0.15) is 0 Å². The minimum absolute atomic E-state index is 0.00273.